The molecule has 0 saturated carbocycles. The Morgan fingerprint density at radius 3 is 2.24 bits per heavy atom. The summed E-state index contributed by atoms with van der Waals surface area (Å²) in [7, 11) is 0. The highest BCUT2D eigenvalue weighted by Gasteiger charge is 2.22. The number of amides is 1. The summed E-state index contributed by atoms with van der Waals surface area (Å²) in [5, 5.41) is 10.5. The van der Waals surface area contributed by atoms with E-state index in [1.807, 2.05) is 47.0 Å². The summed E-state index contributed by atoms with van der Waals surface area (Å²) in [5.74, 6) is -0.952. The van der Waals surface area contributed by atoms with E-state index in [9.17, 15) is 19.5 Å². The van der Waals surface area contributed by atoms with Gasteiger partial charge in [0.1, 0.15) is 11.5 Å². The van der Waals surface area contributed by atoms with Crippen LogP contribution in [0, 0.1) is 0 Å². The number of nitrogens with two attached hydrogens (primary N) is 1. The van der Waals surface area contributed by atoms with Crippen molar-refractivity contribution in [2.24, 2.45) is 5.73 Å². The minimum absolute atomic E-state index is 0.0663. The van der Waals surface area contributed by atoms with Crippen LogP contribution in [0.25, 0.3) is 33.1 Å². The van der Waals surface area contributed by atoms with Crippen LogP contribution in [-0.4, -0.2) is 33.9 Å². The van der Waals surface area contributed by atoms with Crippen molar-refractivity contribution in [1.29, 1.82) is 0 Å². The molecule has 202 valence electrons. The second-order valence-electron chi connectivity index (χ2n) is 9.57. The monoisotopic (exact) mass is 544 g/mol. The van der Waals surface area contributed by atoms with Crippen LogP contribution in [0.1, 0.15) is 31.8 Å². The van der Waals surface area contributed by atoms with E-state index in [1.165, 1.54) is 0 Å². The molecule has 2 heterocycles. The molecule has 1 amide bonds. The molecule has 0 fully saturated rings. The molecule has 6 rings (SSSR count). The van der Waals surface area contributed by atoms with Gasteiger partial charge in [0, 0.05) is 34.2 Å². The molecule has 0 radical (unpaired) electrons. The summed E-state index contributed by atoms with van der Waals surface area (Å²) >= 11 is 0. The van der Waals surface area contributed by atoms with Crippen LogP contribution < -0.4 is 10.5 Å². The van der Waals surface area contributed by atoms with Gasteiger partial charge in [-0.25, -0.2) is 4.79 Å². The Bertz CT molecular complexity index is 1920. The molecular weight excluding hydrogens is 520 g/mol. The van der Waals surface area contributed by atoms with Crippen LogP contribution in [-0.2, 0) is 11.3 Å². The molecule has 0 aliphatic rings. The van der Waals surface area contributed by atoms with E-state index in [-0.39, 0.29) is 11.5 Å². The van der Waals surface area contributed by atoms with Crippen molar-refractivity contribution in [1.82, 2.24) is 4.57 Å². The summed E-state index contributed by atoms with van der Waals surface area (Å²) in [6, 6.07) is 28.9. The zero-order valence-corrected chi connectivity index (χ0v) is 21.7. The SMILES string of the molecule is NC(=O)c1cccc2c1c1c(OCC(=O)O)cc(-c3ccco3)cc1n2Cc1ccc(C(=O)c2ccccc2)cc1. The van der Waals surface area contributed by atoms with Crippen LogP contribution in [0.3, 0.4) is 0 Å². The first-order valence-corrected chi connectivity index (χ1v) is 12.9. The van der Waals surface area contributed by atoms with Crippen LogP contribution >= 0.6 is 0 Å². The van der Waals surface area contributed by atoms with Crippen molar-refractivity contribution in [2.75, 3.05) is 6.61 Å². The Morgan fingerprint density at radius 2 is 1.56 bits per heavy atom. The number of carboxylic acids is 1. The van der Waals surface area contributed by atoms with Gasteiger partial charge in [0.2, 0.25) is 5.91 Å². The number of aromatic nitrogens is 1. The fourth-order valence-corrected chi connectivity index (χ4v) is 5.14. The smallest absolute Gasteiger partial charge is 0.341 e. The van der Waals surface area contributed by atoms with Crippen molar-refractivity contribution < 1.29 is 28.6 Å². The molecule has 4 aromatic carbocycles. The fraction of sp³-hybridized carbons (Fsp3) is 0.0606. The number of fused-ring (bicyclic) bond motifs is 3. The van der Waals surface area contributed by atoms with E-state index < -0.39 is 18.5 Å². The van der Waals surface area contributed by atoms with Gasteiger partial charge in [0.25, 0.3) is 0 Å². The van der Waals surface area contributed by atoms with Crippen LogP contribution in [0.15, 0.2) is 108 Å². The van der Waals surface area contributed by atoms with Gasteiger partial charge in [-0.1, -0.05) is 60.7 Å². The van der Waals surface area contributed by atoms with E-state index in [0.717, 1.165) is 11.1 Å². The molecule has 2 aromatic heterocycles. The Balaban J connectivity index is 1.52. The minimum atomic E-state index is -1.13. The number of nitrogens with zero attached hydrogens (tertiary/aromatic N) is 1. The summed E-state index contributed by atoms with van der Waals surface area (Å²) in [6.07, 6.45) is 1.55. The maximum absolute atomic E-state index is 12.9. The average molecular weight is 545 g/mol. The minimum Gasteiger partial charge on any atom is -0.481 e. The molecule has 0 saturated heterocycles. The first-order valence-electron chi connectivity index (χ1n) is 12.9. The largest absolute Gasteiger partial charge is 0.481 e. The number of benzene rings is 4. The number of carboxylic acid groups (broad SMARTS) is 1. The molecule has 6 aromatic rings. The molecule has 0 unspecified atom stereocenters. The van der Waals surface area contributed by atoms with Crippen molar-refractivity contribution in [3.63, 3.8) is 0 Å². The van der Waals surface area contributed by atoms with Crippen LogP contribution in [0.4, 0.5) is 0 Å². The Hall–Kier alpha value is -5.63. The fourth-order valence-electron chi connectivity index (χ4n) is 5.14. The molecule has 41 heavy (non-hydrogen) atoms. The number of ether oxygens (including phenoxy) is 1. The van der Waals surface area contributed by atoms with Gasteiger partial charge < -0.3 is 24.6 Å². The Labute approximate surface area is 234 Å². The van der Waals surface area contributed by atoms with Crippen LogP contribution in [0.5, 0.6) is 5.75 Å². The lowest BCUT2D eigenvalue weighted by molar-refractivity contribution is -0.139. The maximum Gasteiger partial charge on any atom is 0.341 e. The predicted octanol–water partition coefficient (Wildman–Crippen LogP) is 5.90. The lowest BCUT2D eigenvalue weighted by Gasteiger charge is -2.11. The van der Waals surface area contributed by atoms with Gasteiger partial charge in [0.05, 0.1) is 22.7 Å². The molecule has 8 heteroatoms. The summed E-state index contributed by atoms with van der Waals surface area (Å²) < 4.78 is 13.4. The van der Waals surface area contributed by atoms with Gasteiger partial charge >= 0.3 is 5.97 Å². The van der Waals surface area contributed by atoms with Gasteiger partial charge in [-0.05, 0) is 42.0 Å². The van der Waals surface area contributed by atoms with Crippen LogP contribution in [0.2, 0.25) is 0 Å². The number of primary amides is 1. The van der Waals surface area contributed by atoms with E-state index in [0.29, 0.717) is 50.8 Å². The van der Waals surface area contributed by atoms with Crippen molar-refractivity contribution in [3.8, 4) is 17.1 Å². The number of ketones is 1. The molecule has 0 atom stereocenters. The average Bonchev–Trinajstić information content (AvgIpc) is 3.64. The summed E-state index contributed by atoms with van der Waals surface area (Å²) in [6.45, 7) is -0.180. The predicted molar refractivity (Wildman–Crippen MR) is 154 cm³/mol. The third kappa shape index (κ3) is 4.83. The number of carbonyl (C=O) groups is 3. The van der Waals surface area contributed by atoms with Crippen molar-refractivity contribution in [3.05, 3.63) is 126 Å². The molecule has 3 N–H and O–H groups in total. The number of hydrogen-bond donors (Lipinski definition) is 2. The molecule has 8 nitrogen and oxygen atoms in total. The standard InChI is InChI=1S/C33H24N2O6/c34-33(39)24-8-4-9-25-30(24)31-26(16-23(27-10-5-15-40-27)17-28(31)41-19-29(36)37)35(25)18-20-11-13-22(14-12-20)32(38)21-6-2-1-3-7-21/h1-17H,18-19H2,(H2,34,39)(H,36,37). The number of furan rings is 1. The molecule has 0 bridgehead atoms. The van der Waals surface area contributed by atoms with Gasteiger partial charge in [-0.15, -0.1) is 0 Å². The highest BCUT2D eigenvalue weighted by atomic mass is 16.5. The van der Waals surface area contributed by atoms with Gasteiger partial charge in [-0.2, -0.15) is 0 Å². The number of rotatable bonds is 9. The second-order valence-corrected chi connectivity index (χ2v) is 9.57. The third-order valence-electron chi connectivity index (χ3n) is 6.97. The lowest BCUT2D eigenvalue weighted by Crippen LogP contribution is -2.11. The summed E-state index contributed by atoms with van der Waals surface area (Å²) in [4.78, 5) is 36.8. The van der Waals surface area contributed by atoms with Gasteiger partial charge in [0.15, 0.2) is 12.4 Å². The highest BCUT2D eigenvalue weighted by molar-refractivity contribution is 6.20. The van der Waals surface area contributed by atoms with Gasteiger partial charge in [-0.3, -0.25) is 9.59 Å². The first kappa shape index (κ1) is 25.6. The number of aliphatic carboxylic acids is 1. The maximum atomic E-state index is 12.9. The Morgan fingerprint density at radius 1 is 0.805 bits per heavy atom. The topological polar surface area (TPSA) is 125 Å². The zero-order valence-electron chi connectivity index (χ0n) is 21.7. The second kappa shape index (κ2) is 10.5. The molecule has 0 aliphatic heterocycles. The molecular formula is C33H24N2O6. The highest BCUT2D eigenvalue weighted by Crippen LogP contribution is 2.41. The lowest BCUT2D eigenvalue weighted by atomic mass is 10.0. The zero-order chi connectivity index (χ0) is 28.5. The third-order valence-corrected chi connectivity index (χ3v) is 6.97. The van der Waals surface area contributed by atoms with E-state index in [2.05, 4.69) is 0 Å². The quantitative estimate of drug-likeness (QED) is 0.219. The normalized spacial score (nSPS) is 11.1. The number of carbonyl (C=O) groups excluding carboxylic acids is 2. The van der Waals surface area contributed by atoms with E-state index >= 15 is 0 Å². The van der Waals surface area contributed by atoms with Crippen molar-refractivity contribution in [2.45, 2.75) is 6.54 Å². The summed E-state index contributed by atoms with van der Waals surface area (Å²) in [5.41, 5.74) is 10.3. The van der Waals surface area contributed by atoms with Crippen molar-refractivity contribution >= 4 is 39.5 Å². The number of hydrogen-bond acceptors (Lipinski definition) is 5. The molecule has 0 aliphatic carbocycles. The van der Waals surface area contributed by atoms with E-state index in [4.69, 9.17) is 14.9 Å². The van der Waals surface area contributed by atoms with E-state index in [1.54, 1.807) is 60.9 Å². The Kier molecular flexibility index (Phi) is 6.57. The first-order chi connectivity index (χ1) is 19.9. The molecule has 0 spiro atoms.